The van der Waals surface area contributed by atoms with E-state index in [-0.39, 0.29) is 0 Å². The van der Waals surface area contributed by atoms with Crippen LogP contribution >= 0.6 is 0 Å². The van der Waals surface area contributed by atoms with Gasteiger partial charge in [-0.2, -0.15) is 10.2 Å². The largest absolute Gasteiger partial charge is 0.494 e. The summed E-state index contributed by atoms with van der Waals surface area (Å²) >= 11 is 0. The van der Waals surface area contributed by atoms with Gasteiger partial charge < -0.3 is 9.47 Å². The normalized spacial score (nSPS) is 11.3. The van der Waals surface area contributed by atoms with E-state index in [1.807, 2.05) is 55.5 Å². The van der Waals surface area contributed by atoms with Gasteiger partial charge in [0.25, 0.3) is 0 Å². The number of carbonyl (C=O) groups excluding carboxylic acids is 1. The highest BCUT2D eigenvalue weighted by Crippen LogP contribution is 2.28. The fourth-order valence-corrected chi connectivity index (χ4v) is 4.79. The molecule has 5 heteroatoms. The Balaban J connectivity index is 1.18. The topological polar surface area (TPSA) is 60.2 Å². The van der Waals surface area contributed by atoms with E-state index in [9.17, 15) is 4.79 Å². The van der Waals surface area contributed by atoms with Crippen LogP contribution < -0.4 is 9.47 Å². The highest BCUT2D eigenvalue weighted by molar-refractivity contribution is 5.91. The molecule has 0 saturated heterocycles. The van der Waals surface area contributed by atoms with Gasteiger partial charge in [-0.1, -0.05) is 95.0 Å². The van der Waals surface area contributed by atoms with Crippen LogP contribution in [0.1, 0.15) is 87.1 Å². The third-order valence-corrected chi connectivity index (χ3v) is 7.24. The number of rotatable bonds is 16. The van der Waals surface area contributed by atoms with Crippen molar-refractivity contribution in [2.75, 3.05) is 6.61 Å². The summed E-state index contributed by atoms with van der Waals surface area (Å²) in [6, 6.07) is 26.7. The Labute approximate surface area is 244 Å². The summed E-state index contributed by atoms with van der Waals surface area (Å²) in [4.78, 5) is 12.7. The Kier molecular flexibility index (Phi) is 11.9. The summed E-state index contributed by atoms with van der Waals surface area (Å²) in [6.07, 6.45) is 13.0. The van der Waals surface area contributed by atoms with Gasteiger partial charge in [0.1, 0.15) is 11.5 Å². The molecule has 0 saturated carbocycles. The monoisotopic (exact) mass is 550 g/mol. The van der Waals surface area contributed by atoms with Gasteiger partial charge in [-0.05, 0) is 84.3 Å². The minimum absolute atomic E-state index is 0.406. The third kappa shape index (κ3) is 9.86. The molecule has 0 aliphatic heterocycles. The fraction of sp³-hybridized carbons (Fsp3) is 0.361. The summed E-state index contributed by atoms with van der Waals surface area (Å²) in [5.41, 5.74) is 2.86. The number of benzene rings is 4. The van der Waals surface area contributed by atoms with Crippen LogP contribution in [0.3, 0.4) is 0 Å². The van der Waals surface area contributed by atoms with Crippen molar-refractivity contribution < 1.29 is 14.3 Å². The smallest absolute Gasteiger partial charge is 0.343 e. The average molecular weight is 551 g/mol. The van der Waals surface area contributed by atoms with E-state index in [1.165, 1.54) is 63.2 Å². The quantitative estimate of drug-likeness (QED) is 0.0603. The minimum atomic E-state index is -0.406. The van der Waals surface area contributed by atoms with E-state index in [1.54, 1.807) is 24.3 Å². The molecule has 0 aromatic heterocycles. The molecule has 4 aromatic carbocycles. The molecule has 4 rings (SSSR count). The molecule has 4 aromatic rings. The number of hydrogen-bond acceptors (Lipinski definition) is 5. The first-order valence-electron chi connectivity index (χ1n) is 15.1. The number of carbonyl (C=O) groups is 1. The number of fused-ring (bicyclic) bond motifs is 1. The Hall–Kier alpha value is -3.99. The highest BCUT2D eigenvalue weighted by Gasteiger charge is 2.10. The molecule has 0 aliphatic carbocycles. The van der Waals surface area contributed by atoms with Crippen molar-refractivity contribution in [1.82, 2.24) is 0 Å². The van der Waals surface area contributed by atoms with Crippen LogP contribution in [0.5, 0.6) is 11.5 Å². The molecular weight excluding hydrogens is 508 g/mol. The highest BCUT2D eigenvalue weighted by atomic mass is 16.5. The molecule has 0 bridgehead atoms. The second-order valence-corrected chi connectivity index (χ2v) is 10.6. The van der Waals surface area contributed by atoms with Crippen molar-refractivity contribution >= 4 is 28.1 Å². The lowest BCUT2D eigenvalue weighted by atomic mass is 10.1. The van der Waals surface area contributed by atoms with Crippen LogP contribution in [-0.4, -0.2) is 12.6 Å². The van der Waals surface area contributed by atoms with Gasteiger partial charge in [-0.15, -0.1) is 0 Å². The summed E-state index contributed by atoms with van der Waals surface area (Å²) in [5.74, 6) is 0.837. The number of ether oxygens (including phenoxy) is 2. The lowest BCUT2D eigenvalue weighted by molar-refractivity contribution is 0.0734. The zero-order valence-electron chi connectivity index (χ0n) is 24.5. The molecule has 0 unspecified atom stereocenters. The SMILES string of the molecule is CCCCCCCCCCCCOc1ccc(C(=O)Oc2ccc(N=Nc3ccc4ccccc4c3)c(C)c2)cc1. The maximum absolute atomic E-state index is 12.7. The van der Waals surface area contributed by atoms with Gasteiger partial charge in [-0.3, -0.25) is 0 Å². The van der Waals surface area contributed by atoms with Crippen molar-refractivity contribution in [2.24, 2.45) is 10.2 Å². The average Bonchev–Trinajstić information content (AvgIpc) is 2.99. The molecule has 41 heavy (non-hydrogen) atoms. The van der Waals surface area contributed by atoms with Gasteiger partial charge in [-0.25, -0.2) is 4.79 Å². The van der Waals surface area contributed by atoms with Crippen molar-refractivity contribution in [2.45, 2.75) is 78.1 Å². The minimum Gasteiger partial charge on any atom is -0.494 e. The summed E-state index contributed by atoms with van der Waals surface area (Å²) < 4.78 is 11.5. The molecular formula is C36H42N2O3. The van der Waals surface area contributed by atoms with E-state index in [4.69, 9.17) is 9.47 Å². The molecule has 0 atom stereocenters. The van der Waals surface area contributed by atoms with Crippen LogP contribution in [0, 0.1) is 6.92 Å². The Morgan fingerprint density at radius 2 is 1.32 bits per heavy atom. The maximum atomic E-state index is 12.7. The van der Waals surface area contributed by atoms with E-state index in [0.717, 1.165) is 34.5 Å². The first-order valence-corrected chi connectivity index (χ1v) is 15.1. The molecule has 214 valence electrons. The van der Waals surface area contributed by atoms with Crippen LogP contribution in [0.2, 0.25) is 0 Å². The Morgan fingerprint density at radius 1 is 0.659 bits per heavy atom. The number of unbranched alkanes of at least 4 members (excludes halogenated alkanes) is 9. The Morgan fingerprint density at radius 3 is 2.02 bits per heavy atom. The van der Waals surface area contributed by atoms with E-state index >= 15 is 0 Å². The second kappa shape index (κ2) is 16.3. The lowest BCUT2D eigenvalue weighted by Gasteiger charge is -2.09. The van der Waals surface area contributed by atoms with Gasteiger partial charge in [0.05, 0.1) is 23.5 Å². The number of azo groups is 1. The fourth-order valence-electron chi connectivity index (χ4n) is 4.79. The standard InChI is InChI=1S/C36H42N2O3/c1-3-4-5-6-7-8-9-10-11-14-25-40-33-21-18-30(19-22-33)36(39)41-34-23-24-35(28(2)26-34)38-37-32-20-17-29-15-12-13-16-31(29)27-32/h12-13,15-24,26-27H,3-11,14,25H2,1-2H3. The summed E-state index contributed by atoms with van der Waals surface area (Å²) in [5, 5.41) is 11.1. The predicted octanol–water partition coefficient (Wildman–Crippen LogP) is 11.1. The van der Waals surface area contributed by atoms with Crippen molar-refractivity contribution in [3.8, 4) is 11.5 Å². The van der Waals surface area contributed by atoms with Crippen LogP contribution in [0.15, 0.2) is 95.2 Å². The number of nitrogens with zero attached hydrogens (tertiary/aromatic N) is 2. The first kappa shape index (κ1) is 30.0. The van der Waals surface area contributed by atoms with Gasteiger partial charge in [0.15, 0.2) is 0 Å². The van der Waals surface area contributed by atoms with Gasteiger partial charge >= 0.3 is 5.97 Å². The Bertz CT molecular complexity index is 1410. The molecule has 0 heterocycles. The van der Waals surface area contributed by atoms with E-state index in [2.05, 4.69) is 29.3 Å². The zero-order chi connectivity index (χ0) is 28.7. The maximum Gasteiger partial charge on any atom is 0.343 e. The van der Waals surface area contributed by atoms with Crippen molar-refractivity contribution in [3.05, 3.63) is 96.1 Å². The zero-order valence-corrected chi connectivity index (χ0v) is 24.5. The molecule has 0 fully saturated rings. The summed E-state index contributed by atoms with van der Waals surface area (Å²) in [6.45, 7) is 4.88. The van der Waals surface area contributed by atoms with Crippen molar-refractivity contribution in [3.63, 3.8) is 0 Å². The lowest BCUT2D eigenvalue weighted by Crippen LogP contribution is -2.08. The summed E-state index contributed by atoms with van der Waals surface area (Å²) in [7, 11) is 0. The van der Waals surface area contributed by atoms with Crippen LogP contribution in [0.4, 0.5) is 11.4 Å². The number of hydrogen-bond donors (Lipinski definition) is 0. The van der Waals surface area contributed by atoms with E-state index in [0.29, 0.717) is 17.9 Å². The van der Waals surface area contributed by atoms with Gasteiger partial charge in [0, 0.05) is 0 Å². The number of aryl methyl sites for hydroxylation is 1. The third-order valence-electron chi connectivity index (χ3n) is 7.24. The molecule has 0 amide bonds. The molecule has 0 N–H and O–H groups in total. The van der Waals surface area contributed by atoms with Gasteiger partial charge in [0.2, 0.25) is 0 Å². The van der Waals surface area contributed by atoms with Crippen LogP contribution in [-0.2, 0) is 0 Å². The molecule has 5 nitrogen and oxygen atoms in total. The van der Waals surface area contributed by atoms with E-state index < -0.39 is 5.97 Å². The molecule has 0 radical (unpaired) electrons. The molecule has 0 spiro atoms. The first-order chi connectivity index (χ1) is 20.1. The van der Waals surface area contributed by atoms with Crippen molar-refractivity contribution in [1.29, 1.82) is 0 Å². The number of esters is 1. The molecule has 0 aliphatic rings. The predicted molar refractivity (Wildman–Crippen MR) is 168 cm³/mol. The van der Waals surface area contributed by atoms with Crippen LogP contribution in [0.25, 0.3) is 10.8 Å². The second-order valence-electron chi connectivity index (χ2n) is 10.6.